The van der Waals surface area contributed by atoms with E-state index in [1.54, 1.807) is 0 Å². The molecule has 0 saturated carbocycles. The van der Waals surface area contributed by atoms with Crippen molar-refractivity contribution in [2.45, 2.75) is 0 Å². The van der Waals surface area contributed by atoms with Crippen molar-refractivity contribution in [1.29, 1.82) is 0 Å². The number of nitrogens with zero attached hydrogens (tertiary/aromatic N) is 1. The number of imide groups is 3. The summed E-state index contributed by atoms with van der Waals surface area (Å²) in [6, 6.07) is 0. The predicted octanol–water partition coefficient (Wildman–Crippen LogP) is 0.596. The molecule has 0 atom stereocenters. The van der Waals surface area contributed by atoms with Gasteiger partial charge in [-0.15, -0.1) is 4.90 Å². The van der Waals surface area contributed by atoms with Gasteiger partial charge >= 0.3 is 30.6 Å². The lowest BCUT2D eigenvalue weighted by Crippen LogP contribution is -2.42. The van der Waals surface area contributed by atoms with Gasteiger partial charge in [-0.3, -0.25) is 0 Å². The van der Waals surface area contributed by atoms with Crippen LogP contribution in [0.3, 0.4) is 0 Å². The van der Waals surface area contributed by atoms with Crippen molar-refractivity contribution in [2.75, 3.05) is 0 Å². The van der Waals surface area contributed by atoms with E-state index >= 15 is 0 Å². The van der Waals surface area contributed by atoms with Crippen LogP contribution in [0.1, 0.15) is 0 Å². The Hall–Kier alpha value is -2.85. The van der Waals surface area contributed by atoms with E-state index in [0.29, 0.717) is 0 Å². The summed E-state index contributed by atoms with van der Waals surface area (Å²) < 4.78 is 6.61. The van der Waals surface area contributed by atoms with Gasteiger partial charge in [0.2, 0.25) is 0 Å². The van der Waals surface area contributed by atoms with Gasteiger partial charge in [0.25, 0.3) is 0 Å². The van der Waals surface area contributed by atoms with Crippen molar-refractivity contribution in [3.8, 4) is 0 Å². The number of carbonyl (C=O) groups is 5. The Morgan fingerprint density at radius 1 is 0.750 bits per heavy atom. The van der Waals surface area contributed by atoms with Crippen molar-refractivity contribution >= 4 is 30.6 Å². The summed E-state index contributed by atoms with van der Waals surface area (Å²) in [5, 5.41) is 24.2. The zero-order valence-corrected chi connectivity index (χ0v) is 7.15. The number of hydrogen-bond acceptors (Lipinski definition) is 7. The van der Waals surface area contributed by atoms with E-state index in [9.17, 15) is 24.0 Å². The van der Waals surface area contributed by atoms with Crippen LogP contribution in [0.4, 0.5) is 24.0 Å². The van der Waals surface area contributed by atoms with Crippen molar-refractivity contribution in [1.82, 2.24) is 4.90 Å². The van der Waals surface area contributed by atoms with Crippen LogP contribution in [0.5, 0.6) is 0 Å². The van der Waals surface area contributed by atoms with E-state index in [4.69, 9.17) is 15.3 Å². The molecule has 0 spiro atoms. The average Bonchev–Trinajstić information content (AvgIpc) is 1.98. The smallest absolute Gasteiger partial charge is 0.464 e. The molecule has 0 radical (unpaired) electrons. The van der Waals surface area contributed by atoms with Crippen LogP contribution < -0.4 is 0 Å². The molecule has 3 N–H and O–H groups in total. The fraction of sp³-hybridized carbons (Fsp3) is 0. The summed E-state index contributed by atoms with van der Waals surface area (Å²) in [6.45, 7) is 0. The van der Waals surface area contributed by atoms with Crippen LogP contribution in [0.2, 0.25) is 0 Å². The Labute approximate surface area is 85.4 Å². The fourth-order valence-electron chi connectivity index (χ4n) is 0.471. The van der Waals surface area contributed by atoms with Crippen molar-refractivity contribution in [3.05, 3.63) is 0 Å². The van der Waals surface area contributed by atoms with Crippen LogP contribution >= 0.6 is 0 Å². The molecular formula is C5H3NO10. The highest BCUT2D eigenvalue weighted by Gasteiger charge is 2.34. The SMILES string of the molecule is O=C(O)OC(=O)N(C(=O)O)C(=O)OC(=O)O. The first-order valence-corrected chi connectivity index (χ1v) is 3.18. The van der Waals surface area contributed by atoms with Crippen LogP contribution in [-0.2, 0) is 9.47 Å². The molecule has 88 valence electrons. The lowest BCUT2D eigenvalue weighted by molar-refractivity contribution is 0.0704. The van der Waals surface area contributed by atoms with E-state index < -0.39 is 35.5 Å². The largest absolute Gasteiger partial charge is 0.514 e. The lowest BCUT2D eigenvalue weighted by atomic mass is 10.8. The number of hydrogen-bond donors (Lipinski definition) is 3. The second-order valence-electron chi connectivity index (χ2n) is 1.89. The minimum Gasteiger partial charge on any atom is -0.464 e. The number of ether oxygens (including phenoxy) is 2. The maximum Gasteiger partial charge on any atom is 0.514 e. The van der Waals surface area contributed by atoms with E-state index in [2.05, 4.69) is 9.47 Å². The number of carboxylic acid groups (broad SMARTS) is 3. The molecule has 0 saturated heterocycles. The highest BCUT2D eigenvalue weighted by Crippen LogP contribution is 2.00. The molecule has 0 unspecified atom stereocenters. The molecule has 0 aromatic rings. The zero-order chi connectivity index (χ0) is 12.9. The zero-order valence-electron chi connectivity index (χ0n) is 7.15. The van der Waals surface area contributed by atoms with Gasteiger partial charge in [0.05, 0.1) is 0 Å². The molecule has 16 heavy (non-hydrogen) atoms. The molecule has 0 aliphatic carbocycles. The van der Waals surface area contributed by atoms with Gasteiger partial charge in [-0.2, -0.15) is 0 Å². The number of amides is 3. The molecule has 0 aromatic heterocycles. The first-order chi connectivity index (χ1) is 7.25. The van der Waals surface area contributed by atoms with Crippen molar-refractivity contribution < 1.29 is 48.8 Å². The van der Waals surface area contributed by atoms with Gasteiger partial charge in [0.1, 0.15) is 0 Å². The van der Waals surface area contributed by atoms with Crippen LogP contribution in [0.25, 0.3) is 0 Å². The Morgan fingerprint density at radius 3 is 1.25 bits per heavy atom. The van der Waals surface area contributed by atoms with Crippen LogP contribution in [0, 0.1) is 0 Å². The topological polar surface area (TPSA) is 168 Å². The summed E-state index contributed by atoms with van der Waals surface area (Å²) in [6.07, 6.45) is -10.9. The quantitative estimate of drug-likeness (QED) is 0.400. The molecule has 0 aromatic carbocycles. The summed E-state index contributed by atoms with van der Waals surface area (Å²) >= 11 is 0. The summed E-state index contributed by atoms with van der Waals surface area (Å²) in [7, 11) is 0. The standard InChI is InChI=1S/C5H3NO10/c7-1(8)6(2(9)15-4(11)12)3(10)16-5(13)14/h(H,7,8)(H,11,12)(H,13,14). The van der Waals surface area contributed by atoms with E-state index in [1.165, 1.54) is 0 Å². The fourth-order valence-corrected chi connectivity index (χ4v) is 0.471. The minimum atomic E-state index is -2.27. The highest BCUT2D eigenvalue weighted by atomic mass is 16.7. The first-order valence-electron chi connectivity index (χ1n) is 3.18. The van der Waals surface area contributed by atoms with Crippen molar-refractivity contribution in [2.24, 2.45) is 0 Å². The van der Waals surface area contributed by atoms with Crippen molar-refractivity contribution in [3.63, 3.8) is 0 Å². The van der Waals surface area contributed by atoms with Gasteiger partial charge in [0, 0.05) is 0 Å². The van der Waals surface area contributed by atoms with E-state index in [0.717, 1.165) is 0 Å². The number of carbonyl (C=O) groups excluding carboxylic acids is 2. The molecule has 11 heteroatoms. The Morgan fingerprint density at radius 2 is 1.06 bits per heavy atom. The van der Waals surface area contributed by atoms with Gasteiger partial charge < -0.3 is 24.8 Å². The lowest BCUT2D eigenvalue weighted by Gasteiger charge is -2.10. The normalized spacial score (nSPS) is 8.75. The first kappa shape index (κ1) is 13.1. The molecule has 0 rings (SSSR count). The number of rotatable bonds is 0. The summed E-state index contributed by atoms with van der Waals surface area (Å²) in [5.74, 6) is 0. The Balaban J connectivity index is 4.80. The third kappa shape index (κ3) is 3.91. The minimum absolute atomic E-state index is 0.873. The summed E-state index contributed by atoms with van der Waals surface area (Å²) in [4.78, 5) is 50.4. The summed E-state index contributed by atoms with van der Waals surface area (Å²) in [5.41, 5.74) is 0. The maximum absolute atomic E-state index is 10.7. The van der Waals surface area contributed by atoms with Gasteiger partial charge in [-0.1, -0.05) is 0 Å². The average molecular weight is 237 g/mol. The van der Waals surface area contributed by atoms with Gasteiger partial charge in [0.15, 0.2) is 0 Å². The highest BCUT2D eigenvalue weighted by molar-refractivity contribution is 6.06. The third-order valence-electron chi connectivity index (χ3n) is 0.906. The van der Waals surface area contributed by atoms with Gasteiger partial charge in [-0.25, -0.2) is 24.0 Å². The Kier molecular flexibility index (Phi) is 4.22. The van der Waals surface area contributed by atoms with Crippen LogP contribution in [0.15, 0.2) is 0 Å². The van der Waals surface area contributed by atoms with E-state index in [1.807, 2.05) is 0 Å². The second kappa shape index (κ2) is 5.14. The monoisotopic (exact) mass is 237 g/mol. The third-order valence-corrected chi connectivity index (χ3v) is 0.906. The molecule has 0 fully saturated rings. The maximum atomic E-state index is 10.7. The second-order valence-corrected chi connectivity index (χ2v) is 1.89. The predicted molar refractivity (Wildman–Crippen MR) is 38.9 cm³/mol. The molecule has 0 heterocycles. The molecule has 0 bridgehead atoms. The van der Waals surface area contributed by atoms with E-state index in [-0.39, 0.29) is 0 Å². The van der Waals surface area contributed by atoms with Gasteiger partial charge in [-0.05, 0) is 0 Å². The molecule has 0 aliphatic heterocycles. The molecule has 11 nitrogen and oxygen atoms in total. The molecular weight excluding hydrogens is 234 g/mol. The van der Waals surface area contributed by atoms with Crippen LogP contribution in [-0.4, -0.2) is 50.8 Å². The molecule has 3 amide bonds. The molecule has 0 aliphatic rings. The Bertz CT molecular complexity index is 330.